The van der Waals surface area contributed by atoms with Crippen LogP contribution in [-0.4, -0.2) is 30.1 Å². The average molecular weight is 375 g/mol. The van der Waals surface area contributed by atoms with Crippen molar-refractivity contribution in [2.75, 3.05) is 22.3 Å². The van der Waals surface area contributed by atoms with Crippen molar-refractivity contribution in [1.29, 1.82) is 0 Å². The molecule has 6 nitrogen and oxygen atoms in total. The summed E-state index contributed by atoms with van der Waals surface area (Å²) in [4.78, 5) is 0.114. The van der Waals surface area contributed by atoms with E-state index in [4.69, 9.17) is 11.6 Å². The molecule has 0 aliphatic rings. The molecule has 0 amide bonds. The maximum atomic E-state index is 12.5. The predicted octanol–water partition coefficient (Wildman–Crippen LogP) is 2.54. The smallest absolute Gasteiger partial charge is 0.264 e. The van der Waals surface area contributed by atoms with Crippen molar-refractivity contribution in [3.05, 3.63) is 53.6 Å². The zero-order valence-corrected chi connectivity index (χ0v) is 14.8. The molecular weight excluding hydrogens is 360 g/mol. The number of anilines is 2. The quantitative estimate of drug-likeness (QED) is 0.871. The Kier molecular flexibility index (Phi) is 4.88. The maximum absolute atomic E-state index is 12.5. The van der Waals surface area contributed by atoms with Crippen LogP contribution in [0.15, 0.2) is 53.4 Å². The van der Waals surface area contributed by atoms with Crippen LogP contribution in [-0.2, 0) is 20.0 Å². The molecule has 0 aliphatic heterocycles. The lowest BCUT2D eigenvalue weighted by atomic mass is 10.3. The van der Waals surface area contributed by atoms with Gasteiger partial charge in [0.1, 0.15) is 0 Å². The molecule has 0 radical (unpaired) electrons. The fraction of sp³-hybridized carbons (Fsp3) is 0.143. The van der Waals surface area contributed by atoms with Crippen LogP contribution >= 0.6 is 11.6 Å². The Bertz CT molecular complexity index is 893. The van der Waals surface area contributed by atoms with Crippen molar-refractivity contribution in [1.82, 2.24) is 0 Å². The lowest BCUT2D eigenvalue weighted by molar-refractivity contribution is 0.594. The molecule has 0 bridgehead atoms. The molecule has 0 fully saturated rings. The Morgan fingerprint density at radius 2 is 1.43 bits per heavy atom. The lowest BCUT2D eigenvalue weighted by Gasteiger charge is -2.20. The Morgan fingerprint density at radius 3 is 1.91 bits per heavy atom. The number of sulfonamides is 2. The highest BCUT2D eigenvalue weighted by Gasteiger charge is 2.21. The van der Waals surface area contributed by atoms with Crippen molar-refractivity contribution >= 4 is 43.0 Å². The number of benzene rings is 2. The molecule has 2 rings (SSSR count). The normalized spacial score (nSPS) is 12.0. The minimum atomic E-state index is -3.72. The molecule has 0 spiro atoms. The van der Waals surface area contributed by atoms with Crippen molar-refractivity contribution < 1.29 is 16.8 Å². The van der Waals surface area contributed by atoms with Crippen molar-refractivity contribution in [2.24, 2.45) is 0 Å². The molecule has 0 saturated heterocycles. The van der Waals surface area contributed by atoms with Gasteiger partial charge in [-0.2, -0.15) is 0 Å². The number of nitrogens with one attached hydrogen (secondary N) is 1. The Balaban J connectivity index is 2.29. The number of hydrogen-bond acceptors (Lipinski definition) is 4. The van der Waals surface area contributed by atoms with Gasteiger partial charge in [-0.25, -0.2) is 16.8 Å². The molecule has 0 saturated carbocycles. The van der Waals surface area contributed by atoms with Crippen molar-refractivity contribution in [3.63, 3.8) is 0 Å². The second-order valence-corrected chi connectivity index (χ2v) is 9.00. The van der Waals surface area contributed by atoms with Gasteiger partial charge in [0.15, 0.2) is 0 Å². The van der Waals surface area contributed by atoms with Gasteiger partial charge in [0.25, 0.3) is 10.0 Å². The summed E-state index contributed by atoms with van der Waals surface area (Å²) >= 11 is 5.76. The monoisotopic (exact) mass is 374 g/mol. The first-order valence-corrected chi connectivity index (χ1v) is 10.1. The van der Waals surface area contributed by atoms with Crippen LogP contribution in [0.3, 0.4) is 0 Å². The van der Waals surface area contributed by atoms with Crippen LogP contribution in [0.5, 0.6) is 0 Å². The summed E-state index contributed by atoms with van der Waals surface area (Å²) in [5.74, 6) is 0. The largest absolute Gasteiger partial charge is 0.284 e. The van der Waals surface area contributed by atoms with Gasteiger partial charge in [0.05, 0.1) is 16.8 Å². The van der Waals surface area contributed by atoms with E-state index in [1.54, 1.807) is 0 Å². The molecule has 0 heterocycles. The number of halogens is 1. The van der Waals surface area contributed by atoms with Gasteiger partial charge in [-0.3, -0.25) is 9.03 Å². The van der Waals surface area contributed by atoms with Gasteiger partial charge in [-0.15, -0.1) is 0 Å². The SMILES string of the molecule is CN(c1ccc(NS(C)(=O)=O)cc1)S(=O)(=O)c1ccc(Cl)cc1. The third kappa shape index (κ3) is 4.37. The number of nitrogens with zero attached hydrogens (tertiary/aromatic N) is 1. The fourth-order valence-corrected chi connectivity index (χ4v) is 3.74. The third-order valence-corrected chi connectivity index (χ3v) is 5.66. The standard InChI is InChI=1S/C14H15ClN2O4S2/c1-17(23(20,21)14-9-3-11(15)4-10-14)13-7-5-12(6-8-13)16-22(2,18)19/h3-10,16H,1-2H3. The highest BCUT2D eigenvalue weighted by molar-refractivity contribution is 7.92. The predicted molar refractivity (Wildman–Crippen MR) is 91.9 cm³/mol. The zero-order chi connectivity index (χ0) is 17.3. The summed E-state index contributed by atoms with van der Waals surface area (Å²) in [6, 6.07) is 11.9. The average Bonchev–Trinajstić information content (AvgIpc) is 2.46. The van der Waals surface area contributed by atoms with E-state index in [1.165, 1.54) is 55.6 Å². The molecule has 124 valence electrons. The van der Waals surface area contributed by atoms with E-state index in [1.807, 2.05) is 0 Å². The van der Waals surface area contributed by atoms with E-state index in [0.717, 1.165) is 10.6 Å². The van der Waals surface area contributed by atoms with Crippen LogP contribution in [0.25, 0.3) is 0 Å². The van der Waals surface area contributed by atoms with Gasteiger partial charge in [-0.1, -0.05) is 11.6 Å². The third-order valence-electron chi connectivity index (χ3n) is 3.01. The summed E-state index contributed by atoms with van der Waals surface area (Å²) in [5.41, 5.74) is 0.757. The van der Waals surface area contributed by atoms with Gasteiger partial charge in [-0.05, 0) is 48.5 Å². The Labute approximate surface area is 140 Å². The summed E-state index contributed by atoms with van der Waals surface area (Å²) in [7, 11) is -5.68. The topological polar surface area (TPSA) is 83.6 Å². The van der Waals surface area contributed by atoms with Crippen LogP contribution in [0, 0.1) is 0 Å². The minimum Gasteiger partial charge on any atom is -0.284 e. The van der Waals surface area contributed by atoms with Crippen molar-refractivity contribution in [3.8, 4) is 0 Å². The first-order chi connectivity index (χ1) is 10.6. The van der Waals surface area contributed by atoms with Crippen LogP contribution in [0.1, 0.15) is 0 Å². The maximum Gasteiger partial charge on any atom is 0.264 e. The highest BCUT2D eigenvalue weighted by Crippen LogP contribution is 2.24. The summed E-state index contributed by atoms with van der Waals surface area (Å²) < 4.78 is 50.8. The van der Waals surface area contributed by atoms with Crippen LogP contribution in [0.2, 0.25) is 5.02 Å². The first-order valence-electron chi connectivity index (χ1n) is 6.42. The van der Waals surface area contributed by atoms with Crippen LogP contribution in [0.4, 0.5) is 11.4 Å². The van der Waals surface area contributed by atoms with Gasteiger partial charge in [0.2, 0.25) is 10.0 Å². The molecular formula is C14H15ClN2O4S2. The van der Waals surface area contributed by atoms with Gasteiger partial charge < -0.3 is 0 Å². The Hall–Kier alpha value is -1.77. The Morgan fingerprint density at radius 1 is 0.913 bits per heavy atom. The number of hydrogen-bond donors (Lipinski definition) is 1. The molecule has 2 aromatic rings. The van der Waals surface area contributed by atoms with Gasteiger partial charge >= 0.3 is 0 Å². The highest BCUT2D eigenvalue weighted by atomic mass is 35.5. The molecule has 2 aromatic carbocycles. The molecule has 0 aliphatic carbocycles. The second kappa shape index (κ2) is 6.38. The number of rotatable bonds is 5. The van der Waals surface area contributed by atoms with E-state index < -0.39 is 20.0 Å². The van der Waals surface area contributed by atoms with Crippen molar-refractivity contribution in [2.45, 2.75) is 4.90 Å². The summed E-state index contributed by atoms with van der Waals surface area (Å²) in [5, 5.41) is 0.447. The van der Waals surface area contributed by atoms with Crippen LogP contribution < -0.4 is 9.03 Å². The lowest BCUT2D eigenvalue weighted by Crippen LogP contribution is -2.26. The summed E-state index contributed by atoms with van der Waals surface area (Å²) in [6.07, 6.45) is 1.04. The second-order valence-electron chi connectivity index (χ2n) is 4.85. The van der Waals surface area contributed by atoms with E-state index in [0.29, 0.717) is 16.4 Å². The minimum absolute atomic E-state index is 0.114. The zero-order valence-electron chi connectivity index (χ0n) is 12.4. The molecule has 0 unspecified atom stereocenters. The van der Waals surface area contributed by atoms with E-state index in [9.17, 15) is 16.8 Å². The molecule has 23 heavy (non-hydrogen) atoms. The van der Waals surface area contributed by atoms with E-state index >= 15 is 0 Å². The summed E-state index contributed by atoms with van der Waals surface area (Å²) in [6.45, 7) is 0. The molecule has 1 N–H and O–H groups in total. The fourth-order valence-electron chi connectivity index (χ4n) is 1.86. The molecule has 9 heteroatoms. The van der Waals surface area contributed by atoms with Gasteiger partial charge in [0, 0.05) is 17.8 Å². The van der Waals surface area contributed by atoms with E-state index in [2.05, 4.69) is 4.72 Å². The first kappa shape index (κ1) is 17.6. The van der Waals surface area contributed by atoms with E-state index in [-0.39, 0.29) is 4.90 Å². The molecule has 0 atom stereocenters. The molecule has 0 aromatic heterocycles.